The lowest BCUT2D eigenvalue weighted by Crippen LogP contribution is -2.30. The van der Waals surface area contributed by atoms with Crippen LogP contribution in [0.2, 0.25) is 0 Å². The molecule has 1 aromatic rings. The summed E-state index contributed by atoms with van der Waals surface area (Å²) in [6.07, 6.45) is 0. The number of benzene rings is 1. The molecule has 5 heteroatoms. The molecule has 0 aliphatic carbocycles. The minimum absolute atomic E-state index is 0.0743. The van der Waals surface area contributed by atoms with E-state index in [2.05, 4.69) is 5.32 Å². The molecule has 0 fully saturated rings. The van der Waals surface area contributed by atoms with Gasteiger partial charge in [0.1, 0.15) is 11.5 Å². The van der Waals surface area contributed by atoms with Crippen LogP contribution >= 0.6 is 0 Å². The Kier molecular flexibility index (Phi) is 5.48. The first-order valence-electron chi connectivity index (χ1n) is 6.09. The van der Waals surface area contributed by atoms with Crippen LogP contribution in [0.4, 0.5) is 5.69 Å². The molecule has 0 aliphatic rings. The van der Waals surface area contributed by atoms with Crippen LogP contribution in [0.15, 0.2) is 18.2 Å². The Morgan fingerprint density at radius 1 is 1.16 bits per heavy atom. The van der Waals surface area contributed by atoms with E-state index in [1.165, 1.54) is 7.11 Å². The van der Waals surface area contributed by atoms with Gasteiger partial charge in [-0.3, -0.25) is 4.79 Å². The highest BCUT2D eigenvalue weighted by molar-refractivity contribution is 5.73. The molecule has 0 spiro atoms. The van der Waals surface area contributed by atoms with Crippen LogP contribution in [0.3, 0.4) is 0 Å². The number of carbonyl (C=O) groups is 1. The second-order valence-electron chi connectivity index (χ2n) is 4.31. The van der Waals surface area contributed by atoms with E-state index in [0.29, 0.717) is 5.75 Å². The monoisotopic (exact) mass is 267 g/mol. The van der Waals surface area contributed by atoms with Crippen molar-refractivity contribution in [1.82, 2.24) is 0 Å². The summed E-state index contributed by atoms with van der Waals surface area (Å²) < 4.78 is 15.2. The number of hydrogen-bond donors (Lipinski definition) is 1. The summed E-state index contributed by atoms with van der Waals surface area (Å²) in [7, 11) is 4.58. The summed E-state index contributed by atoms with van der Waals surface area (Å²) in [4.78, 5) is 11.5. The Morgan fingerprint density at radius 2 is 1.84 bits per heavy atom. The minimum Gasteiger partial charge on any atom is -0.497 e. The summed E-state index contributed by atoms with van der Waals surface area (Å²) in [6.45, 7) is 3.74. The van der Waals surface area contributed by atoms with Crippen molar-refractivity contribution >= 4 is 11.7 Å². The van der Waals surface area contributed by atoms with Crippen LogP contribution in [0.25, 0.3) is 0 Å². The molecule has 0 heterocycles. The molecule has 0 saturated carbocycles. The number of nitrogens with one attached hydrogen (secondary N) is 1. The van der Waals surface area contributed by atoms with Crippen molar-refractivity contribution in [3.05, 3.63) is 18.2 Å². The van der Waals surface area contributed by atoms with Crippen LogP contribution in [0.5, 0.6) is 11.5 Å². The Hall–Kier alpha value is -1.91. The molecule has 1 N–H and O–H groups in total. The summed E-state index contributed by atoms with van der Waals surface area (Å²) >= 11 is 0. The Labute approximate surface area is 113 Å². The van der Waals surface area contributed by atoms with Crippen LogP contribution in [0, 0.1) is 5.92 Å². The Morgan fingerprint density at radius 3 is 2.37 bits per heavy atom. The first-order chi connectivity index (χ1) is 9.03. The van der Waals surface area contributed by atoms with Crippen molar-refractivity contribution in [1.29, 1.82) is 0 Å². The normalized spacial score (nSPS) is 13.3. The molecule has 19 heavy (non-hydrogen) atoms. The SMILES string of the molecule is COC(=O)C(C)C(C)Nc1ccc(OC)cc1OC. The summed E-state index contributed by atoms with van der Waals surface area (Å²) in [5.41, 5.74) is 0.812. The molecule has 5 nitrogen and oxygen atoms in total. The van der Waals surface area contributed by atoms with E-state index in [-0.39, 0.29) is 17.9 Å². The van der Waals surface area contributed by atoms with Gasteiger partial charge in [-0.2, -0.15) is 0 Å². The number of esters is 1. The molecule has 2 unspecified atom stereocenters. The maximum atomic E-state index is 11.5. The summed E-state index contributed by atoms with van der Waals surface area (Å²) in [5.74, 6) is 0.892. The van der Waals surface area contributed by atoms with Crippen LogP contribution in [-0.2, 0) is 9.53 Å². The molecule has 2 atom stereocenters. The van der Waals surface area contributed by atoms with Gasteiger partial charge < -0.3 is 19.5 Å². The quantitative estimate of drug-likeness (QED) is 0.802. The maximum Gasteiger partial charge on any atom is 0.310 e. The van der Waals surface area contributed by atoms with Crippen LogP contribution < -0.4 is 14.8 Å². The highest BCUT2D eigenvalue weighted by Crippen LogP contribution is 2.30. The number of anilines is 1. The lowest BCUT2D eigenvalue weighted by atomic mass is 10.0. The second-order valence-corrected chi connectivity index (χ2v) is 4.31. The van der Waals surface area contributed by atoms with E-state index in [1.54, 1.807) is 20.3 Å². The fourth-order valence-corrected chi connectivity index (χ4v) is 1.68. The van der Waals surface area contributed by atoms with Crippen LogP contribution in [-0.4, -0.2) is 33.3 Å². The zero-order chi connectivity index (χ0) is 14.4. The topological polar surface area (TPSA) is 56.8 Å². The van der Waals surface area contributed by atoms with Gasteiger partial charge in [0.05, 0.1) is 32.9 Å². The summed E-state index contributed by atoms with van der Waals surface area (Å²) in [5, 5.41) is 3.25. The number of ether oxygens (including phenoxy) is 3. The van der Waals surface area contributed by atoms with Crippen molar-refractivity contribution in [3.8, 4) is 11.5 Å². The van der Waals surface area contributed by atoms with Crippen molar-refractivity contribution in [2.75, 3.05) is 26.6 Å². The second kappa shape index (κ2) is 6.87. The van der Waals surface area contributed by atoms with E-state index in [1.807, 2.05) is 26.0 Å². The molecule has 0 saturated heterocycles. The zero-order valence-electron chi connectivity index (χ0n) is 12.0. The number of hydrogen-bond acceptors (Lipinski definition) is 5. The highest BCUT2D eigenvalue weighted by atomic mass is 16.5. The van der Waals surface area contributed by atoms with E-state index in [0.717, 1.165) is 11.4 Å². The number of carbonyl (C=O) groups excluding carboxylic acids is 1. The highest BCUT2D eigenvalue weighted by Gasteiger charge is 2.21. The summed E-state index contributed by atoms with van der Waals surface area (Å²) in [6, 6.07) is 5.41. The lowest BCUT2D eigenvalue weighted by Gasteiger charge is -2.22. The van der Waals surface area contributed by atoms with Gasteiger partial charge in [0.15, 0.2) is 0 Å². The largest absolute Gasteiger partial charge is 0.497 e. The molecule has 106 valence electrons. The van der Waals surface area contributed by atoms with Gasteiger partial charge in [0.25, 0.3) is 0 Å². The van der Waals surface area contributed by atoms with Crippen LogP contribution in [0.1, 0.15) is 13.8 Å². The van der Waals surface area contributed by atoms with E-state index < -0.39 is 0 Å². The average Bonchev–Trinajstić information content (AvgIpc) is 2.45. The minimum atomic E-state index is -0.253. The zero-order valence-corrected chi connectivity index (χ0v) is 12.0. The van der Waals surface area contributed by atoms with Crippen molar-refractivity contribution in [2.45, 2.75) is 19.9 Å². The molecule has 0 radical (unpaired) electrons. The maximum absolute atomic E-state index is 11.5. The van der Waals surface area contributed by atoms with Gasteiger partial charge in [-0.15, -0.1) is 0 Å². The molecule has 0 aromatic heterocycles. The average molecular weight is 267 g/mol. The van der Waals surface area contributed by atoms with Crippen molar-refractivity contribution < 1.29 is 19.0 Å². The number of rotatable bonds is 6. The third kappa shape index (κ3) is 3.77. The van der Waals surface area contributed by atoms with Gasteiger partial charge >= 0.3 is 5.97 Å². The smallest absolute Gasteiger partial charge is 0.310 e. The van der Waals surface area contributed by atoms with Crippen molar-refractivity contribution in [3.63, 3.8) is 0 Å². The Bertz CT molecular complexity index is 433. The third-order valence-electron chi connectivity index (χ3n) is 3.11. The molecular weight excluding hydrogens is 246 g/mol. The predicted octanol–water partition coefficient (Wildman–Crippen LogP) is 2.31. The van der Waals surface area contributed by atoms with E-state index in [9.17, 15) is 4.79 Å². The van der Waals surface area contributed by atoms with Gasteiger partial charge in [-0.25, -0.2) is 0 Å². The first kappa shape index (κ1) is 15.1. The van der Waals surface area contributed by atoms with Crippen molar-refractivity contribution in [2.24, 2.45) is 5.92 Å². The van der Waals surface area contributed by atoms with E-state index in [4.69, 9.17) is 14.2 Å². The number of methoxy groups -OCH3 is 3. The Balaban J connectivity index is 2.84. The van der Waals surface area contributed by atoms with Gasteiger partial charge in [0, 0.05) is 12.1 Å². The molecule has 0 aliphatic heterocycles. The van der Waals surface area contributed by atoms with Gasteiger partial charge in [0.2, 0.25) is 0 Å². The van der Waals surface area contributed by atoms with Gasteiger partial charge in [-0.1, -0.05) is 0 Å². The fourth-order valence-electron chi connectivity index (χ4n) is 1.68. The molecule has 0 amide bonds. The fraction of sp³-hybridized carbons (Fsp3) is 0.500. The predicted molar refractivity (Wildman–Crippen MR) is 73.8 cm³/mol. The molecule has 0 bridgehead atoms. The van der Waals surface area contributed by atoms with E-state index >= 15 is 0 Å². The molecule has 1 rings (SSSR count). The third-order valence-corrected chi connectivity index (χ3v) is 3.11. The standard InChI is InChI=1S/C14H21NO4/c1-9(14(16)19-5)10(2)15-12-7-6-11(17-3)8-13(12)18-4/h6-10,15H,1-5H3. The lowest BCUT2D eigenvalue weighted by molar-refractivity contribution is -0.145. The first-order valence-corrected chi connectivity index (χ1v) is 6.09. The molecular formula is C14H21NO4. The van der Waals surface area contributed by atoms with Gasteiger partial charge in [-0.05, 0) is 26.0 Å². The molecule has 1 aromatic carbocycles.